The van der Waals surface area contributed by atoms with Crippen molar-refractivity contribution in [3.8, 4) is 6.19 Å². The largest absolute Gasteiger partial charge is 1.00 e. The molecule has 8 heteroatoms. The average molecular weight is 329 g/mol. The first-order valence-electron chi connectivity index (χ1n) is 1.39. The molecule has 54 valence electrons. The molecule has 0 aromatic heterocycles. The van der Waals surface area contributed by atoms with E-state index in [-0.39, 0.29) is 17.0 Å². The summed E-state index contributed by atoms with van der Waals surface area (Å²) in [6.45, 7) is 0. The number of rotatable bonds is 2. The Morgan fingerprint density at radius 1 is 1.89 bits per heavy atom. The van der Waals surface area contributed by atoms with Crippen LogP contribution < -0.4 is 40.6 Å². The fourth-order valence-corrected chi connectivity index (χ4v) is 0.887. The maximum atomic E-state index is 9.65. The number of nitriles is 1. The Morgan fingerprint density at radius 2 is 2.33 bits per heavy atom. The number of nitrogens with one attached hydrogen (secondary N) is 1. The number of hydrogen-bond acceptors (Lipinski definition) is 3. The zero-order valence-electron chi connectivity index (χ0n) is 3.84. The van der Waals surface area contributed by atoms with E-state index < -0.39 is 28.6 Å². The minimum Gasteiger partial charge on any atom is -1.00 e. The van der Waals surface area contributed by atoms with E-state index in [1.165, 1.54) is 6.19 Å². The second-order valence-electron chi connectivity index (χ2n) is 0.731. The van der Waals surface area contributed by atoms with Crippen LogP contribution in [0.2, 0.25) is 0 Å². The molecule has 1 atom stereocenters. The summed E-state index contributed by atoms with van der Waals surface area (Å²) in [5.74, 6) is 0. The number of halogens is 3. The summed E-state index contributed by atoms with van der Waals surface area (Å²) >= 11 is -1.17. The fourth-order valence-electron chi connectivity index (χ4n) is 0.0829. The first kappa shape index (κ1) is 12.1. The van der Waals surface area contributed by atoms with Gasteiger partial charge in [0.05, 0.1) is 0 Å². The van der Waals surface area contributed by atoms with Crippen molar-refractivity contribution in [2.45, 2.75) is 0 Å². The van der Waals surface area contributed by atoms with Gasteiger partial charge in [0, 0.05) is 0 Å². The summed E-state index contributed by atoms with van der Waals surface area (Å²) in [5.41, 5.74) is 0. The van der Waals surface area contributed by atoms with Gasteiger partial charge in [-0.1, -0.05) is 0 Å². The molecule has 0 radical (unpaired) electrons. The van der Waals surface area contributed by atoms with Gasteiger partial charge in [0.2, 0.25) is 0 Å². The number of nitro groups is 1. The average Bonchev–Trinajstić information content (AvgIpc) is 1.69. The van der Waals surface area contributed by atoms with Crippen LogP contribution in [-0.2, 0) is 0 Å². The predicted molar refractivity (Wildman–Crippen MR) is 19.4 cm³/mol. The van der Waals surface area contributed by atoms with Gasteiger partial charge in [0.25, 0.3) is 0 Å². The van der Waals surface area contributed by atoms with Crippen molar-refractivity contribution in [1.29, 1.82) is 5.26 Å². The van der Waals surface area contributed by atoms with Crippen molar-refractivity contribution in [1.82, 2.24) is 0 Å². The van der Waals surface area contributed by atoms with Crippen molar-refractivity contribution in [3.63, 3.8) is 0 Å². The maximum Gasteiger partial charge on any atom is -1.00 e. The van der Waals surface area contributed by atoms with Gasteiger partial charge in [-0.2, -0.15) is 0 Å². The third-order valence-electron chi connectivity index (χ3n) is 0.320. The van der Waals surface area contributed by atoms with Crippen LogP contribution in [0.4, 0.5) is 0 Å². The van der Waals surface area contributed by atoms with Crippen LogP contribution >= 0.6 is 8.91 Å². The van der Waals surface area contributed by atoms with Gasteiger partial charge in [-0.25, -0.2) is 0 Å². The molecule has 0 spiro atoms. The monoisotopic (exact) mass is 328 g/mol. The summed E-state index contributed by atoms with van der Waals surface area (Å²) in [6.07, 6.45) is 1.39. The standard InChI is InChI=1S/CHClIN3O2.BrH/c2-3-5(1-4)6(7)8;/h5H;1H/p-1. The molecule has 1 N–H and O–H groups in total. The Kier molecular flexibility index (Phi) is 8.67. The molecule has 9 heavy (non-hydrogen) atoms. The van der Waals surface area contributed by atoms with E-state index in [9.17, 15) is 10.1 Å². The van der Waals surface area contributed by atoms with E-state index in [4.69, 9.17) is 14.2 Å². The van der Waals surface area contributed by atoms with E-state index in [1.807, 2.05) is 0 Å². The summed E-state index contributed by atoms with van der Waals surface area (Å²) in [4.78, 5) is 9.65. The van der Waals surface area contributed by atoms with E-state index in [0.717, 1.165) is 0 Å². The third kappa shape index (κ3) is 4.83. The van der Waals surface area contributed by atoms with Crippen molar-refractivity contribution in [2.24, 2.45) is 0 Å². The second kappa shape index (κ2) is 6.47. The van der Waals surface area contributed by atoms with Crippen LogP contribution in [0.1, 0.15) is 0 Å². The van der Waals surface area contributed by atoms with Crippen molar-refractivity contribution in [2.75, 3.05) is 0 Å². The van der Waals surface area contributed by atoms with Crippen LogP contribution in [0.15, 0.2) is 0 Å². The van der Waals surface area contributed by atoms with Gasteiger partial charge in [-0.05, 0) is 0 Å². The number of nitrogens with zero attached hydrogens (tertiary/aromatic N) is 2. The van der Waals surface area contributed by atoms with Crippen LogP contribution in [0, 0.1) is 21.6 Å². The topological polar surface area (TPSA) is 71.4 Å². The van der Waals surface area contributed by atoms with Gasteiger partial charge in [-0.15, -0.1) is 0 Å². The quantitative estimate of drug-likeness (QED) is 0.180. The molecule has 0 aliphatic carbocycles. The molecule has 0 amide bonds. The summed E-state index contributed by atoms with van der Waals surface area (Å²) < 4.78 is -0.412. The van der Waals surface area contributed by atoms with Crippen molar-refractivity contribution < 1.29 is 45.6 Å². The normalized spacial score (nSPS) is 11.1. The molecule has 0 saturated carbocycles. The van der Waals surface area contributed by atoms with Gasteiger partial charge >= 0.3 is 59.1 Å². The molecule has 0 fully saturated rings. The molecule has 0 heterocycles. The van der Waals surface area contributed by atoms with Crippen LogP contribution in [0.5, 0.6) is 0 Å². The molecular weight excluding hydrogens is 328 g/mol. The Hall–Kier alpha value is 0.350. The van der Waals surface area contributed by atoms with E-state index in [1.54, 1.807) is 0 Å². The summed E-state index contributed by atoms with van der Waals surface area (Å²) in [6, 6.07) is 0. The van der Waals surface area contributed by atoms with Gasteiger partial charge in [0.1, 0.15) is 0 Å². The first-order valence-corrected chi connectivity index (χ1v) is 5.21. The zero-order valence-corrected chi connectivity index (χ0v) is 8.34. The van der Waals surface area contributed by atoms with Crippen LogP contribution in [0.25, 0.3) is 0 Å². The fraction of sp³-hybridized carbons (Fsp3) is 0. The molecular formula is CHBrClIN3O2-. The van der Waals surface area contributed by atoms with Crippen molar-refractivity contribution in [3.05, 3.63) is 10.1 Å². The van der Waals surface area contributed by atoms with Crippen molar-refractivity contribution >= 4 is 8.91 Å². The number of hydrogen-bond donors (Lipinski definition) is 1. The van der Waals surface area contributed by atoms with Gasteiger partial charge in [0.15, 0.2) is 0 Å². The third-order valence-corrected chi connectivity index (χ3v) is 2.25. The van der Waals surface area contributed by atoms with Gasteiger partial charge < -0.3 is 17.0 Å². The minimum atomic E-state index is -1.17. The zero-order chi connectivity index (χ0) is 6.57. The molecule has 0 aliphatic rings. The van der Waals surface area contributed by atoms with E-state index in [0.29, 0.717) is 0 Å². The molecule has 0 aromatic carbocycles. The molecule has 0 bridgehead atoms. The molecule has 0 rings (SSSR count). The smallest absolute Gasteiger partial charge is 1.00 e. The SMILES string of the molecule is N#C[NH+]([I-]Cl)[N+](=O)[O-].[Br-]. The number of quaternary nitrogens is 1. The maximum absolute atomic E-state index is 9.65. The predicted octanol–water partition coefficient (Wildman–Crippen LogP) is -7.29. The summed E-state index contributed by atoms with van der Waals surface area (Å²) in [5, 5.41) is 16.8. The van der Waals surface area contributed by atoms with Crippen LogP contribution in [0.3, 0.4) is 0 Å². The van der Waals surface area contributed by atoms with Crippen LogP contribution in [-0.4, -0.2) is 5.03 Å². The summed E-state index contributed by atoms with van der Waals surface area (Å²) in [7, 11) is 5.07. The molecule has 0 aromatic rings. The Balaban J connectivity index is 0. The second-order valence-corrected chi connectivity index (χ2v) is 3.12. The molecule has 1 unspecified atom stereocenters. The van der Waals surface area contributed by atoms with E-state index >= 15 is 0 Å². The molecule has 0 aliphatic heterocycles. The van der Waals surface area contributed by atoms with Gasteiger partial charge in [-0.3, -0.25) is 0 Å². The Morgan fingerprint density at radius 3 is 2.33 bits per heavy atom. The van der Waals surface area contributed by atoms with E-state index in [2.05, 4.69) is 0 Å². The first-order chi connectivity index (χ1) is 3.72. The Labute approximate surface area is 75.8 Å². The molecule has 5 nitrogen and oxygen atoms in total. The minimum absolute atomic E-state index is 0. The Bertz CT molecular complexity index is 136. The molecule has 0 saturated heterocycles.